The van der Waals surface area contributed by atoms with Crippen LogP contribution in [0.25, 0.3) is 21.6 Å². The molecule has 0 bridgehead atoms. The van der Waals surface area contributed by atoms with Gasteiger partial charge < -0.3 is 5.11 Å². The van der Waals surface area contributed by atoms with Gasteiger partial charge in [-0.15, -0.1) is 0 Å². The summed E-state index contributed by atoms with van der Waals surface area (Å²) in [7, 11) is -3.30. The molecule has 23 heavy (non-hydrogen) atoms. The summed E-state index contributed by atoms with van der Waals surface area (Å²) < 4.78 is 23.3. The average molecular weight is 349 g/mol. The van der Waals surface area contributed by atoms with Gasteiger partial charge in [0, 0.05) is 11.8 Å². The normalized spacial score (nSPS) is 11.5. The summed E-state index contributed by atoms with van der Waals surface area (Å²) in [5.74, 6) is 0. The van der Waals surface area contributed by atoms with Crippen molar-refractivity contribution in [3.05, 3.63) is 36.4 Å². The van der Waals surface area contributed by atoms with Crippen LogP contribution in [0.1, 0.15) is 0 Å². The van der Waals surface area contributed by atoms with E-state index in [1.807, 2.05) is 0 Å². The Morgan fingerprint density at radius 2 is 2.00 bits per heavy atom. The highest BCUT2D eigenvalue weighted by molar-refractivity contribution is 7.90. The second-order valence-electron chi connectivity index (χ2n) is 4.77. The van der Waals surface area contributed by atoms with Gasteiger partial charge in [0.15, 0.2) is 15.0 Å². The highest BCUT2D eigenvalue weighted by Crippen LogP contribution is 2.28. The summed E-state index contributed by atoms with van der Waals surface area (Å²) >= 11 is 1.11. The molecule has 0 aliphatic carbocycles. The van der Waals surface area contributed by atoms with Crippen LogP contribution in [0.3, 0.4) is 0 Å². The number of hydrogen-bond donors (Lipinski definition) is 2. The number of nitrogens with one attached hydrogen (secondary N) is 1. The Bertz CT molecular complexity index is 1010. The molecule has 0 atom stereocenters. The van der Waals surface area contributed by atoms with E-state index in [4.69, 9.17) is 5.11 Å². The first-order chi connectivity index (χ1) is 10.8. The van der Waals surface area contributed by atoms with Crippen molar-refractivity contribution in [1.82, 2.24) is 9.97 Å². The number of amides is 1. The van der Waals surface area contributed by atoms with Crippen LogP contribution < -0.4 is 5.32 Å². The predicted octanol–water partition coefficient (Wildman–Crippen LogP) is 2.85. The van der Waals surface area contributed by atoms with Crippen LogP contribution >= 0.6 is 11.3 Å². The molecule has 3 rings (SSSR count). The number of pyridine rings is 1. The number of thiazole rings is 1. The number of benzene rings is 1. The van der Waals surface area contributed by atoms with Gasteiger partial charge in [0.05, 0.1) is 10.6 Å². The molecule has 0 saturated carbocycles. The van der Waals surface area contributed by atoms with E-state index in [1.54, 1.807) is 30.3 Å². The van der Waals surface area contributed by atoms with Crippen molar-refractivity contribution in [2.24, 2.45) is 0 Å². The second-order valence-corrected chi connectivity index (χ2v) is 7.76. The zero-order valence-corrected chi connectivity index (χ0v) is 13.5. The SMILES string of the molecule is CS(=O)(=O)c1cccc(-c2ccc3nc(NC(=O)O)sc3n2)c1. The molecule has 2 aromatic heterocycles. The van der Waals surface area contributed by atoms with Gasteiger partial charge in [0.1, 0.15) is 10.3 Å². The van der Waals surface area contributed by atoms with E-state index in [2.05, 4.69) is 15.3 Å². The third-order valence-corrected chi connectivity index (χ3v) is 5.02. The molecule has 0 saturated heterocycles. The third-order valence-electron chi connectivity index (χ3n) is 3.03. The summed E-state index contributed by atoms with van der Waals surface area (Å²) in [5.41, 5.74) is 1.83. The molecule has 1 amide bonds. The number of sulfone groups is 1. The van der Waals surface area contributed by atoms with E-state index in [9.17, 15) is 13.2 Å². The van der Waals surface area contributed by atoms with Crippen LogP contribution in [0.5, 0.6) is 0 Å². The summed E-state index contributed by atoms with van der Waals surface area (Å²) in [6.07, 6.45) is -0.0411. The van der Waals surface area contributed by atoms with Gasteiger partial charge in [-0.3, -0.25) is 5.32 Å². The maximum Gasteiger partial charge on any atom is 0.410 e. The van der Waals surface area contributed by atoms with Gasteiger partial charge in [-0.2, -0.15) is 0 Å². The Hall–Kier alpha value is -2.52. The second kappa shape index (κ2) is 5.60. The minimum Gasteiger partial charge on any atom is -0.465 e. The molecular formula is C14H11N3O4S2. The van der Waals surface area contributed by atoms with Gasteiger partial charge in [0.25, 0.3) is 0 Å². The van der Waals surface area contributed by atoms with Crippen molar-refractivity contribution >= 4 is 42.7 Å². The molecule has 9 heteroatoms. The highest BCUT2D eigenvalue weighted by Gasteiger charge is 2.11. The Balaban J connectivity index is 2.05. The summed E-state index contributed by atoms with van der Waals surface area (Å²) in [4.78, 5) is 20.0. The molecule has 0 aliphatic heterocycles. The number of rotatable bonds is 3. The van der Waals surface area contributed by atoms with Crippen molar-refractivity contribution in [2.45, 2.75) is 4.90 Å². The Morgan fingerprint density at radius 3 is 2.70 bits per heavy atom. The van der Waals surface area contributed by atoms with Gasteiger partial charge in [0.2, 0.25) is 0 Å². The lowest BCUT2D eigenvalue weighted by Crippen LogP contribution is -2.06. The quantitative estimate of drug-likeness (QED) is 0.752. The molecule has 0 unspecified atom stereocenters. The van der Waals surface area contributed by atoms with E-state index in [0.29, 0.717) is 21.6 Å². The minimum atomic E-state index is -3.30. The number of carbonyl (C=O) groups is 1. The van der Waals surface area contributed by atoms with Crippen molar-refractivity contribution in [2.75, 3.05) is 11.6 Å². The Kier molecular flexibility index (Phi) is 3.74. The molecule has 0 aliphatic rings. The van der Waals surface area contributed by atoms with Gasteiger partial charge >= 0.3 is 6.09 Å². The van der Waals surface area contributed by atoms with Gasteiger partial charge in [-0.25, -0.2) is 23.2 Å². The van der Waals surface area contributed by atoms with Crippen LogP contribution in [0, 0.1) is 0 Å². The monoisotopic (exact) mass is 349 g/mol. The number of fused-ring (bicyclic) bond motifs is 1. The summed E-state index contributed by atoms with van der Waals surface area (Å²) in [5, 5.41) is 11.1. The van der Waals surface area contributed by atoms with E-state index in [0.717, 1.165) is 17.6 Å². The fourth-order valence-corrected chi connectivity index (χ4v) is 3.50. The third kappa shape index (κ3) is 3.30. The van der Waals surface area contributed by atoms with Gasteiger partial charge in [-0.05, 0) is 24.3 Å². The van der Waals surface area contributed by atoms with Crippen LogP contribution in [0.4, 0.5) is 9.93 Å². The van der Waals surface area contributed by atoms with E-state index in [-0.39, 0.29) is 10.0 Å². The highest BCUT2D eigenvalue weighted by atomic mass is 32.2. The molecule has 7 nitrogen and oxygen atoms in total. The smallest absolute Gasteiger partial charge is 0.410 e. The van der Waals surface area contributed by atoms with E-state index >= 15 is 0 Å². The molecular weight excluding hydrogens is 338 g/mol. The topological polar surface area (TPSA) is 109 Å². The molecule has 1 aromatic carbocycles. The number of nitrogens with zero attached hydrogens (tertiary/aromatic N) is 2. The molecule has 0 spiro atoms. The molecule has 3 aromatic rings. The van der Waals surface area contributed by atoms with Crippen molar-refractivity contribution in [3.8, 4) is 11.3 Å². The zero-order valence-electron chi connectivity index (χ0n) is 11.8. The maximum absolute atomic E-state index is 11.6. The van der Waals surface area contributed by atoms with Crippen LogP contribution in [-0.4, -0.2) is 35.8 Å². The Morgan fingerprint density at radius 1 is 1.22 bits per heavy atom. The first kappa shape index (κ1) is 15.4. The number of anilines is 1. The molecule has 2 N–H and O–H groups in total. The predicted molar refractivity (Wildman–Crippen MR) is 87.6 cm³/mol. The zero-order chi connectivity index (χ0) is 16.6. The first-order valence-corrected chi connectivity index (χ1v) is 9.12. The lowest BCUT2D eigenvalue weighted by atomic mass is 10.1. The Labute approximate surface area is 135 Å². The number of hydrogen-bond acceptors (Lipinski definition) is 6. The van der Waals surface area contributed by atoms with E-state index < -0.39 is 15.9 Å². The van der Waals surface area contributed by atoms with Crippen molar-refractivity contribution in [3.63, 3.8) is 0 Å². The largest absolute Gasteiger partial charge is 0.465 e. The van der Waals surface area contributed by atoms with Gasteiger partial charge in [-0.1, -0.05) is 23.5 Å². The van der Waals surface area contributed by atoms with Crippen LogP contribution in [0.2, 0.25) is 0 Å². The fraction of sp³-hybridized carbons (Fsp3) is 0.0714. The van der Waals surface area contributed by atoms with Crippen molar-refractivity contribution in [1.29, 1.82) is 0 Å². The summed E-state index contributed by atoms with van der Waals surface area (Å²) in [6.45, 7) is 0. The lowest BCUT2D eigenvalue weighted by Gasteiger charge is -2.03. The molecule has 2 heterocycles. The molecule has 0 radical (unpaired) electrons. The van der Waals surface area contributed by atoms with E-state index in [1.165, 1.54) is 6.07 Å². The first-order valence-electron chi connectivity index (χ1n) is 6.41. The summed E-state index contributed by atoms with van der Waals surface area (Å²) in [6, 6.07) is 9.93. The minimum absolute atomic E-state index is 0.217. The average Bonchev–Trinajstić information content (AvgIpc) is 2.86. The molecule has 0 fully saturated rings. The standard InChI is InChI=1S/C14H11N3O4S2/c1-23(20,21)9-4-2-3-8(7-9)10-5-6-11-12(15-10)22-13(16-11)17-14(18)19/h2-7H,1H3,(H,16,17)(H,18,19). The lowest BCUT2D eigenvalue weighted by molar-refractivity contribution is 0.209. The fourth-order valence-electron chi connectivity index (χ4n) is 2.01. The maximum atomic E-state index is 11.6. The van der Waals surface area contributed by atoms with Crippen LogP contribution in [-0.2, 0) is 9.84 Å². The van der Waals surface area contributed by atoms with Crippen LogP contribution in [0.15, 0.2) is 41.3 Å². The number of carboxylic acid groups (broad SMARTS) is 1. The molecule has 118 valence electrons. The number of aromatic nitrogens is 2. The van der Waals surface area contributed by atoms with Crippen molar-refractivity contribution < 1.29 is 18.3 Å².